The van der Waals surface area contributed by atoms with E-state index in [1.165, 1.54) is 16.2 Å². The van der Waals surface area contributed by atoms with Crippen LogP contribution in [-0.2, 0) is 22.5 Å². The van der Waals surface area contributed by atoms with E-state index in [4.69, 9.17) is 16.3 Å². The van der Waals surface area contributed by atoms with Gasteiger partial charge in [0.15, 0.2) is 0 Å². The first-order valence-electron chi connectivity index (χ1n) is 8.79. The first kappa shape index (κ1) is 19.2. The third kappa shape index (κ3) is 3.87. The number of hydrogen-bond acceptors (Lipinski definition) is 6. The Morgan fingerprint density at radius 1 is 1.36 bits per heavy atom. The summed E-state index contributed by atoms with van der Waals surface area (Å²) < 4.78 is 5.95. The number of carbonyl (C=O) groups excluding carboxylic acids is 3. The normalized spacial score (nSPS) is 18.8. The highest BCUT2D eigenvalue weighted by Gasteiger charge is 2.34. The lowest BCUT2D eigenvalue weighted by molar-refractivity contribution is -0.129. The largest absolute Gasteiger partial charge is 0.442 e. The number of thiophene rings is 2. The number of anilines is 1. The molecule has 2 aromatic heterocycles. The molecule has 4 heterocycles. The molecule has 10 heteroatoms. The minimum absolute atomic E-state index is 0.0572. The van der Waals surface area contributed by atoms with Gasteiger partial charge in [0.25, 0.3) is 5.91 Å². The lowest BCUT2D eigenvalue weighted by atomic mass is 10.1. The fourth-order valence-corrected chi connectivity index (χ4v) is 5.38. The Labute approximate surface area is 174 Å². The molecule has 3 amide bonds. The second kappa shape index (κ2) is 7.73. The van der Waals surface area contributed by atoms with Crippen LogP contribution in [0.5, 0.6) is 0 Å². The first-order chi connectivity index (χ1) is 13.4. The molecule has 0 bridgehead atoms. The molecule has 148 valence electrons. The standard InChI is InChI=1S/C18H18ClN3O4S2/c1-10(23)21-5-4-13-11(8-21)6-16(28-13)22-9-12(26-18(22)25)7-20-17(24)14-2-3-15(19)27-14/h2-3,6,12H,4-5,7-9H2,1H3,(H,20,24)/t12-/m0/s1. The van der Waals surface area contributed by atoms with E-state index < -0.39 is 12.2 Å². The van der Waals surface area contributed by atoms with Crippen LogP contribution < -0.4 is 10.2 Å². The van der Waals surface area contributed by atoms with Gasteiger partial charge in [0.05, 0.1) is 22.3 Å². The second-order valence-corrected chi connectivity index (χ2v) is 9.48. The zero-order valence-electron chi connectivity index (χ0n) is 15.1. The SMILES string of the molecule is CC(=O)N1CCc2sc(N3C[C@H](CNC(=O)c4ccc(Cl)s4)OC3=O)cc2C1. The smallest absolute Gasteiger partial charge is 0.415 e. The van der Waals surface area contributed by atoms with Crippen LogP contribution in [0.25, 0.3) is 0 Å². The number of hydrogen-bond donors (Lipinski definition) is 1. The van der Waals surface area contributed by atoms with Gasteiger partial charge in [0.1, 0.15) is 11.1 Å². The molecule has 28 heavy (non-hydrogen) atoms. The maximum absolute atomic E-state index is 12.3. The molecule has 1 atom stereocenters. The van der Waals surface area contributed by atoms with Gasteiger partial charge in [0.2, 0.25) is 5.91 Å². The van der Waals surface area contributed by atoms with E-state index in [2.05, 4.69) is 5.32 Å². The monoisotopic (exact) mass is 439 g/mol. The van der Waals surface area contributed by atoms with Crippen LogP contribution in [0.3, 0.4) is 0 Å². The molecule has 1 N–H and O–H groups in total. The Morgan fingerprint density at radius 3 is 2.89 bits per heavy atom. The quantitative estimate of drug-likeness (QED) is 0.793. The number of halogens is 1. The average Bonchev–Trinajstić information content (AvgIpc) is 3.36. The van der Waals surface area contributed by atoms with Crippen molar-refractivity contribution in [3.8, 4) is 0 Å². The highest BCUT2D eigenvalue weighted by atomic mass is 35.5. The third-order valence-corrected chi connectivity index (χ3v) is 7.22. The Bertz CT molecular complexity index is 941. The number of nitrogens with zero attached hydrogens (tertiary/aromatic N) is 2. The van der Waals surface area contributed by atoms with Crippen molar-refractivity contribution in [2.45, 2.75) is 26.0 Å². The maximum atomic E-state index is 12.3. The van der Waals surface area contributed by atoms with Crippen LogP contribution >= 0.6 is 34.3 Å². The molecule has 1 saturated heterocycles. The van der Waals surface area contributed by atoms with E-state index >= 15 is 0 Å². The van der Waals surface area contributed by atoms with Crippen LogP contribution in [0, 0.1) is 0 Å². The Morgan fingerprint density at radius 2 is 2.18 bits per heavy atom. The van der Waals surface area contributed by atoms with Gasteiger partial charge in [0, 0.05) is 24.9 Å². The second-order valence-electron chi connectivity index (χ2n) is 6.65. The van der Waals surface area contributed by atoms with Crippen molar-refractivity contribution >= 4 is 57.2 Å². The lowest BCUT2D eigenvalue weighted by Gasteiger charge is -2.25. The van der Waals surface area contributed by atoms with E-state index in [-0.39, 0.29) is 18.4 Å². The Hall–Kier alpha value is -2.10. The van der Waals surface area contributed by atoms with E-state index in [0.29, 0.717) is 28.8 Å². The molecule has 2 aliphatic rings. The summed E-state index contributed by atoms with van der Waals surface area (Å²) >= 11 is 8.61. The van der Waals surface area contributed by atoms with Crippen LogP contribution in [0.1, 0.15) is 27.0 Å². The zero-order valence-corrected chi connectivity index (χ0v) is 17.5. The van der Waals surface area contributed by atoms with Gasteiger partial charge >= 0.3 is 6.09 Å². The minimum Gasteiger partial charge on any atom is -0.442 e. The number of rotatable bonds is 4. The number of cyclic esters (lactones) is 1. The number of ether oxygens (including phenoxy) is 1. The van der Waals surface area contributed by atoms with Gasteiger partial charge in [-0.05, 0) is 30.2 Å². The average molecular weight is 440 g/mol. The lowest BCUT2D eigenvalue weighted by Crippen LogP contribution is -2.34. The summed E-state index contributed by atoms with van der Waals surface area (Å²) in [5, 5.41) is 3.60. The summed E-state index contributed by atoms with van der Waals surface area (Å²) in [4.78, 5) is 41.2. The predicted octanol–water partition coefficient (Wildman–Crippen LogP) is 3.12. The Kier molecular flexibility index (Phi) is 5.31. The highest BCUT2D eigenvalue weighted by molar-refractivity contribution is 7.18. The van der Waals surface area contributed by atoms with Gasteiger partial charge in [-0.15, -0.1) is 22.7 Å². The van der Waals surface area contributed by atoms with E-state index in [9.17, 15) is 14.4 Å². The highest BCUT2D eigenvalue weighted by Crippen LogP contribution is 2.36. The van der Waals surface area contributed by atoms with Crippen molar-refractivity contribution < 1.29 is 19.1 Å². The van der Waals surface area contributed by atoms with Crippen LogP contribution in [0.2, 0.25) is 4.34 Å². The molecular formula is C18H18ClN3O4S2. The van der Waals surface area contributed by atoms with E-state index in [0.717, 1.165) is 17.0 Å². The summed E-state index contributed by atoms with van der Waals surface area (Å²) in [5.41, 5.74) is 1.08. The summed E-state index contributed by atoms with van der Waals surface area (Å²) in [5.74, 6) is -0.177. The van der Waals surface area contributed by atoms with E-state index in [1.54, 1.807) is 40.2 Å². The molecule has 2 aromatic rings. The fourth-order valence-electron chi connectivity index (χ4n) is 3.26. The summed E-state index contributed by atoms with van der Waals surface area (Å²) in [7, 11) is 0. The Balaban J connectivity index is 1.37. The molecule has 0 aliphatic carbocycles. The predicted molar refractivity (Wildman–Crippen MR) is 108 cm³/mol. The van der Waals surface area contributed by atoms with Crippen molar-refractivity contribution in [3.05, 3.63) is 37.9 Å². The van der Waals surface area contributed by atoms with Gasteiger partial charge < -0.3 is 15.0 Å². The minimum atomic E-state index is -0.417. The molecule has 2 aliphatic heterocycles. The van der Waals surface area contributed by atoms with Crippen LogP contribution in [-0.4, -0.2) is 48.5 Å². The molecule has 0 aromatic carbocycles. The van der Waals surface area contributed by atoms with Crippen molar-refractivity contribution in [3.63, 3.8) is 0 Å². The summed E-state index contributed by atoms with van der Waals surface area (Å²) in [6.07, 6.45) is -0.0362. The van der Waals surface area contributed by atoms with Crippen molar-refractivity contribution in [2.75, 3.05) is 24.5 Å². The van der Waals surface area contributed by atoms with Crippen molar-refractivity contribution in [1.82, 2.24) is 10.2 Å². The fraction of sp³-hybridized carbons (Fsp3) is 0.389. The summed E-state index contributed by atoms with van der Waals surface area (Å²) in [6, 6.07) is 5.30. The van der Waals surface area contributed by atoms with Gasteiger partial charge in [-0.2, -0.15) is 0 Å². The maximum Gasteiger partial charge on any atom is 0.415 e. The molecule has 7 nitrogen and oxygen atoms in total. The molecule has 0 spiro atoms. The van der Waals surface area contributed by atoms with Crippen LogP contribution in [0.15, 0.2) is 18.2 Å². The molecule has 1 fully saturated rings. The number of carbonyl (C=O) groups is 3. The first-order valence-corrected chi connectivity index (χ1v) is 10.8. The zero-order chi connectivity index (χ0) is 19.8. The molecule has 0 saturated carbocycles. The topological polar surface area (TPSA) is 79.0 Å². The van der Waals surface area contributed by atoms with Crippen molar-refractivity contribution in [2.24, 2.45) is 0 Å². The summed E-state index contributed by atoms with van der Waals surface area (Å²) in [6.45, 7) is 3.46. The molecule has 0 radical (unpaired) electrons. The van der Waals surface area contributed by atoms with Gasteiger partial charge in [-0.25, -0.2) is 4.79 Å². The van der Waals surface area contributed by atoms with Gasteiger partial charge in [-0.1, -0.05) is 11.6 Å². The molecule has 0 unspecified atom stereocenters. The number of fused-ring (bicyclic) bond motifs is 1. The van der Waals surface area contributed by atoms with Gasteiger partial charge in [-0.3, -0.25) is 14.5 Å². The van der Waals surface area contributed by atoms with Crippen LogP contribution in [0.4, 0.5) is 9.80 Å². The van der Waals surface area contributed by atoms with E-state index in [1.807, 2.05) is 6.07 Å². The number of nitrogens with one attached hydrogen (secondary N) is 1. The molecule has 4 rings (SSSR count). The molecular weight excluding hydrogens is 422 g/mol. The van der Waals surface area contributed by atoms with Crippen molar-refractivity contribution in [1.29, 1.82) is 0 Å². The third-order valence-electron chi connectivity index (χ3n) is 4.73. The number of amides is 3.